The SMILES string of the molecule is O=c1cc(CNc2ccc(F)cc2F)nc2ccccn12. The molecule has 0 spiro atoms. The van der Waals surface area contributed by atoms with Gasteiger partial charge >= 0.3 is 0 Å². The van der Waals surface area contributed by atoms with Gasteiger partial charge in [0.2, 0.25) is 0 Å². The third-order valence-corrected chi connectivity index (χ3v) is 3.02. The first-order valence-electron chi connectivity index (χ1n) is 6.30. The smallest absolute Gasteiger partial charge is 0.258 e. The van der Waals surface area contributed by atoms with E-state index >= 15 is 0 Å². The minimum Gasteiger partial charge on any atom is -0.377 e. The van der Waals surface area contributed by atoms with Crippen molar-refractivity contribution in [2.45, 2.75) is 6.54 Å². The van der Waals surface area contributed by atoms with E-state index in [4.69, 9.17) is 0 Å². The molecule has 21 heavy (non-hydrogen) atoms. The fraction of sp³-hybridized carbons (Fsp3) is 0.0667. The van der Waals surface area contributed by atoms with Gasteiger partial charge in [-0.15, -0.1) is 0 Å². The molecule has 0 unspecified atom stereocenters. The molecule has 0 amide bonds. The number of halogens is 2. The maximum Gasteiger partial charge on any atom is 0.258 e. The van der Waals surface area contributed by atoms with Gasteiger partial charge in [-0.05, 0) is 24.3 Å². The van der Waals surface area contributed by atoms with E-state index < -0.39 is 11.6 Å². The number of benzene rings is 1. The zero-order valence-corrected chi connectivity index (χ0v) is 10.9. The van der Waals surface area contributed by atoms with Crippen LogP contribution in [0.2, 0.25) is 0 Å². The summed E-state index contributed by atoms with van der Waals surface area (Å²) in [5.74, 6) is -1.33. The van der Waals surface area contributed by atoms with Crippen molar-refractivity contribution in [1.82, 2.24) is 9.38 Å². The summed E-state index contributed by atoms with van der Waals surface area (Å²) in [6.45, 7) is 0.170. The van der Waals surface area contributed by atoms with Crippen molar-refractivity contribution in [3.05, 3.63) is 76.3 Å². The number of fused-ring (bicyclic) bond motifs is 1. The lowest BCUT2D eigenvalue weighted by molar-refractivity contribution is 0.585. The van der Waals surface area contributed by atoms with Gasteiger partial charge in [-0.2, -0.15) is 0 Å². The maximum atomic E-state index is 13.5. The number of nitrogens with zero attached hydrogens (tertiary/aromatic N) is 2. The van der Waals surface area contributed by atoms with Gasteiger partial charge < -0.3 is 5.32 Å². The van der Waals surface area contributed by atoms with E-state index in [1.807, 2.05) is 0 Å². The van der Waals surface area contributed by atoms with Crippen LogP contribution in [0.3, 0.4) is 0 Å². The van der Waals surface area contributed by atoms with Crippen molar-refractivity contribution in [2.75, 3.05) is 5.32 Å². The van der Waals surface area contributed by atoms with Crippen molar-refractivity contribution in [3.8, 4) is 0 Å². The highest BCUT2D eigenvalue weighted by Crippen LogP contribution is 2.15. The van der Waals surface area contributed by atoms with Crippen LogP contribution in [0.15, 0.2) is 53.5 Å². The molecule has 0 saturated heterocycles. The summed E-state index contributed by atoms with van der Waals surface area (Å²) in [7, 11) is 0. The standard InChI is InChI=1S/C15H11F2N3O/c16-10-4-5-13(12(17)7-10)18-9-11-8-15(21)20-6-2-1-3-14(20)19-11/h1-8,18H,9H2. The molecule has 1 aromatic carbocycles. The van der Waals surface area contributed by atoms with Gasteiger partial charge in [0, 0.05) is 18.3 Å². The molecule has 0 aliphatic carbocycles. The Bertz CT molecular complexity index is 861. The molecular weight excluding hydrogens is 276 g/mol. The lowest BCUT2D eigenvalue weighted by Crippen LogP contribution is -2.16. The van der Waals surface area contributed by atoms with Gasteiger partial charge in [0.1, 0.15) is 17.3 Å². The largest absolute Gasteiger partial charge is 0.377 e. The Morgan fingerprint density at radius 3 is 2.81 bits per heavy atom. The van der Waals surface area contributed by atoms with E-state index in [9.17, 15) is 13.6 Å². The van der Waals surface area contributed by atoms with Crippen LogP contribution in [-0.4, -0.2) is 9.38 Å². The molecule has 106 valence electrons. The zero-order valence-electron chi connectivity index (χ0n) is 10.9. The van der Waals surface area contributed by atoms with Crippen LogP contribution in [0, 0.1) is 11.6 Å². The Morgan fingerprint density at radius 1 is 1.14 bits per heavy atom. The van der Waals surface area contributed by atoms with Crippen LogP contribution in [-0.2, 0) is 6.54 Å². The number of nitrogens with one attached hydrogen (secondary N) is 1. The van der Waals surface area contributed by atoms with E-state index in [0.29, 0.717) is 11.3 Å². The van der Waals surface area contributed by atoms with Gasteiger partial charge in [-0.25, -0.2) is 13.8 Å². The van der Waals surface area contributed by atoms with Crippen LogP contribution in [0.5, 0.6) is 0 Å². The Kier molecular flexibility index (Phi) is 3.35. The minimum absolute atomic E-state index is 0.159. The monoisotopic (exact) mass is 287 g/mol. The second-order valence-electron chi connectivity index (χ2n) is 4.49. The topological polar surface area (TPSA) is 46.4 Å². The molecule has 4 nitrogen and oxygen atoms in total. The second-order valence-corrected chi connectivity index (χ2v) is 4.49. The molecule has 0 aliphatic heterocycles. The Morgan fingerprint density at radius 2 is 2.00 bits per heavy atom. The van der Waals surface area contributed by atoms with Crippen molar-refractivity contribution in [3.63, 3.8) is 0 Å². The normalized spacial score (nSPS) is 10.8. The summed E-state index contributed by atoms with van der Waals surface area (Å²) in [6, 6.07) is 9.86. The fourth-order valence-electron chi connectivity index (χ4n) is 2.01. The predicted molar refractivity (Wildman–Crippen MR) is 75.1 cm³/mol. The van der Waals surface area contributed by atoms with E-state index in [-0.39, 0.29) is 17.8 Å². The van der Waals surface area contributed by atoms with Gasteiger partial charge in [0.25, 0.3) is 5.56 Å². The van der Waals surface area contributed by atoms with Crippen molar-refractivity contribution in [1.29, 1.82) is 0 Å². The summed E-state index contributed by atoms with van der Waals surface area (Å²) in [4.78, 5) is 16.2. The van der Waals surface area contributed by atoms with Crippen LogP contribution >= 0.6 is 0 Å². The summed E-state index contributed by atoms with van der Waals surface area (Å²) < 4.78 is 27.7. The molecule has 0 saturated carbocycles. The Hall–Kier alpha value is -2.76. The van der Waals surface area contributed by atoms with E-state index in [2.05, 4.69) is 10.3 Å². The summed E-state index contributed by atoms with van der Waals surface area (Å²) in [5, 5.41) is 2.80. The van der Waals surface area contributed by atoms with Gasteiger partial charge in [0.15, 0.2) is 0 Å². The molecule has 1 N–H and O–H groups in total. The molecule has 0 atom stereocenters. The van der Waals surface area contributed by atoms with Crippen molar-refractivity contribution >= 4 is 11.3 Å². The number of aromatic nitrogens is 2. The lowest BCUT2D eigenvalue weighted by Gasteiger charge is -2.08. The summed E-state index contributed by atoms with van der Waals surface area (Å²) in [6.07, 6.45) is 1.63. The number of hydrogen-bond acceptors (Lipinski definition) is 3. The number of anilines is 1. The molecule has 0 fully saturated rings. The van der Waals surface area contributed by atoms with Crippen LogP contribution < -0.4 is 10.9 Å². The minimum atomic E-state index is -0.687. The number of pyridine rings is 1. The van der Waals surface area contributed by atoms with Gasteiger partial charge in [-0.1, -0.05) is 6.07 Å². The molecular formula is C15H11F2N3O. The van der Waals surface area contributed by atoms with Gasteiger partial charge in [0.05, 0.1) is 17.9 Å². The quantitative estimate of drug-likeness (QED) is 0.805. The fourth-order valence-corrected chi connectivity index (χ4v) is 2.01. The zero-order chi connectivity index (χ0) is 14.8. The third-order valence-electron chi connectivity index (χ3n) is 3.02. The molecule has 0 radical (unpaired) electrons. The average molecular weight is 287 g/mol. The van der Waals surface area contributed by atoms with Crippen LogP contribution in [0.1, 0.15) is 5.69 Å². The highest BCUT2D eigenvalue weighted by atomic mass is 19.1. The molecule has 2 heterocycles. The van der Waals surface area contributed by atoms with Crippen molar-refractivity contribution < 1.29 is 8.78 Å². The van der Waals surface area contributed by atoms with Gasteiger partial charge in [-0.3, -0.25) is 9.20 Å². The van der Waals surface area contributed by atoms with E-state index in [0.717, 1.165) is 12.1 Å². The predicted octanol–water partition coefficient (Wildman–Crippen LogP) is 2.58. The molecule has 2 aromatic heterocycles. The summed E-state index contributed by atoms with van der Waals surface area (Å²) >= 11 is 0. The Balaban J connectivity index is 1.87. The molecule has 3 rings (SSSR count). The lowest BCUT2D eigenvalue weighted by atomic mass is 10.3. The average Bonchev–Trinajstić information content (AvgIpc) is 2.46. The van der Waals surface area contributed by atoms with E-state index in [1.54, 1.807) is 24.4 Å². The maximum absolute atomic E-state index is 13.5. The highest BCUT2D eigenvalue weighted by molar-refractivity contribution is 5.45. The first-order valence-corrected chi connectivity index (χ1v) is 6.30. The van der Waals surface area contributed by atoms with E-state index in [1.165, 1.54) is 16.5 Å². The molecule has 0 aliphatic rings. The Labute approximate surface area is 118 Å². The number of rotatable bonds is 3. The first kappa shape index (κ1) is 13.2. The molecule has 0 bridgehead atoms. The number of hydrogen-bond donors (Lipinski definition) is 1. The summed E-state index contributed by atoms with van der Waals surface area (Å²) in [5.41, 5.74) is 0.944. The van der Waals surface area contributed by atoms with Crippen molar-refractivity contribution in [2.24, 2.45) is 0 Å². The second kappa shape index (κ2) is 5.32. The molecule has 3 aromatic rings. The highest BCUT2D eigenvalue weighted by Gasteiger charge is 2.05. The molecule has 6 heteroatoms. The first-order chi connectivity index (χ1) is 10.1. The third kappa shape index (κ3) is 2.74. The van der Waals surface area contributed by atoms with Crippen LogP contribution in [0.4, 0.5) is 14.5 Å². The van der Waals surface area contributed by atoms with Crippen LogP contribution in [0.25, 0.3) is 5.65 Å².